The second-order valence-corrected chi connectivity index (χ2v) is 7.38. The highest BCUT2D eigenvalue weighted by Gasteiger charge is 2.32. The van der Waals surface area contributed by atoms with Crippen LogP contribution in [0.15, 0.2) is 15.1 Å². The molecule has 0 unspecified atom stereocenters. The molecular formula is C17H24N4O3. The van der Waals surface area contributed by atoms with Crippen LogP contribution >= 0.6 is 0 Å². The van der Waals surface area contributed by atoms with Gasteiger partial charge in [-0.3, -0.25) is 4.79 Å². The Morgan fingerprint density at radius 1 is 1.33 bits per heavy atom. The highest BCUT2D eigenvalue weighted by atomic mass is 16.5. The highest BCUT2D eigenvalue weighted by Crippen LogP contribution is 2.32. The van der Waals surface area contributed by atoms with Crippen LogP contribution in [-0.2, 0) is 16.6 Å². The van der Waals surface area contributed by atoms with Gasteiger partial charge >= 0.3 is 0 Å². The van der Waals surface area contributed by atoms with Crippen LogP contribution in [0, 0.1) is 6.92 Å². The third-order valence-electron chi connectivity index (χ3n) is 4.24. The molecule has 0 aliphatic carbocycles. The van der Waals surface area contributed by atoms with Gasteiger partial charge in [-0.1, -0.05) is 31.1 Å². The van der Waals surface area contributed by atoms with Crippen LogP contribution in [0.4, 0.5) is 0 Å². The molecule has 0 saturated carbocycles. The molecule has 2 aromatic rings. The number of rotatable bonds is 4. The molecule has 7 nitrogen and oxygen atoms in total. The van der Waals surface area contributed by atoms with Gasteiger partial charge in [0.15, 0.2) is 11.6 Å². The Morgan fingerprint density at radius 2 is 2.12 bits per heavy atom. The van der Waals surface area contributed by atoms with E-state index >= 15 is 0 Å². The maximum absolute atomic E-state index is 12.6. The van der Waals surface area contributed by atoms with E-state index in [-0.39, 0.29) is 17.4 Å². The van der Waals surface area contributed by atoms with E-state index in [9.17, 15) is 4.79 Å². The van der Waals surface area contributed by atoms with Crippen LogP contribution in [0.5, 0.6) is 0 Å². The van der Waals surface area contributed by atoms with Crippen LogP contribution < -0.4 is 0 Å². The molecule has 0 aromatic carbocycles. The van der Waals surface area contributed by atoms with Crippen LogP contribution in [0.3, 0.4) is 0 Å². The van der Waals surface area contributed by atoms with Crippen molar-refractivity contribution in [3.63, 3.8) is 0 Å². The van der Waals surface area contributed by atoms with Crippen LogP contribution in [-0.4, -0.2) is 32.6 Å². The second-order valence-electron chi connectivity index (χ2n) is 7.38. The fraction of sp³-hybridized carbons (Fsp3) is 0.647. The fourth-order valence-electron chi connectivity index (χ4n) is 2.92. The van der Waals surface area contributed by atoms with Crippen molar-refractivity contribution >= 4 is 5.91 Å². The van der Waals surface area contributed by atoms with Crippen molar-refractivity contribution in [2.24, 2.45) is 0 Å². The van der Waals surface area contributed by atoms with E-state index < -0.39 is 0 Å². The minimum atomic E-state index is -0.157. The first-order valence-corrected chi connectivity index (χ1v) is 8.40. The average molecular weight is 332 g/mol. The minimum Gasteiger partial charge on any atom is -0.359 e. The van der Waals surface area contributed by atoms with E-state index in [0.717, 1.165) is 30.8 Å². The summed E-state index contributed by atoms with van der Waals surface area (Å²) in [4.78, 5) is 18.8. The third kappa shape index (κ3) is 3.49. The number of carbonyl (C=O) groups is 1. The smallest absolute Gasteiger partial charge is 0.227 e. The highest BCUT2D eigenvalue weighted by molar-refractivity contribution is 5.77. The Morgan fingerprint density at radius 3 is 2.75 bits per heavy atom. The molecule has 3 rings (SSSR count). The number of likely N-dealkylation sites (tertiary alicyclic amines) is 1. The molecule has 1 saturated heterocycles. The Kier molecular flexibility index (Phi) is 4.43. The molecular weight excluding hydrogens is 308 g/mol. The van der Waals surface area contributed by atoms with Gasteiger partial charge < -0.3 is 13.9 Å². The number of hydrogen-bond acceptors (Lipinski definition) is 6. The second kappa shape index (κ2) is 6.37. The average Bonchev–Trinajstić information content (AvgIpc) is 3.23. The number of nitrogens with zero attached hydrogens (tertiary/aromatic N) is 4. The van der Waals surface area contributed by atoms with E-state index in [1.165, 1.54) is 0 Å². The summed E-state index contributed by atoms with van der Waals surface area (Å²) in [5, 5.41) is 7.92. The number of aromatic nitrogens is 3. The minimum absolute atomic E-state index is 0.00785. The monoisotopic (exact) mass is 332 g/mol. The molecule has 1 amide bonds. The molecule has 1 aliphatic heterocycles. The summed E-state index contributed by atoms with van der Waals surface area (Å²) in [7, 11) is 0. The van der Waals surface area contributed by atoms with Crippen molar-refractivity contribution in [1.29, 1.82) is 0 Å². The molecule has 24 heavy (non-hydrogen) atoms. The Labute approximate surface area is 141 Å². The molecule has 0 bridgehead atoms. The molecule has 0 radical (unpaired) electrons. The summed E-state index contributed by atoms with van der Waals surface area (Å²) in [6.45, 7) is 8.72. The Bertz CT molecular complexity index is 713. The lowest BCUT2D eigenvalue weighted by molar-refractivity contribution is -0.132. The molecule has 1 atom stereocenters. The number of amides is 1. The molecule has 0 spiro atoms. The summed E-state index contributed by atoms with van der Waals surface area (Å²) in [5.41, 5.74) is 0.681. The number of hydrogen-bond donors (Lipinski definition) is 0. The van der Waals surface area contributed by atoms with E-state index in [2.05, 4.69) is 15.3 Å². The summed E-state index contributed by atoms with van der Waals surface area (Å²) in [6, 6.07) is 1.90. The SMILES string of the molecule is Cc1cc([C@H]2CCCN2C(=O)CCc2nc(C(C)(C)C)no2)on1. The van der Waals surface area contributed by atoms with Gasteiger partial charge in [0.1, 0.15) is 0 Å². The van der Waals surface area contributed by atoms with Gasteiger partial charge in [-0.05, 0) is 19.8 Å². The van der Waals surface area contributed by atoms with Crippen molar-refractivity contribution in [1.82, 2.24) is 20.2 Å². The van der Waals surface area contributed by atoms with Gasteiger partial charge in [-0.2, -0.15) is 4.98 Å². The molecule has 7 heteroatoms. The van der Waals surface area contributed by atoms with Crippen molar-refractivity contribution < 1.29 is 13.8 Å². The van der Waals surface area contributed by atoms with E-state index in [4.69, 9.17) is 9.05 Å². The normalized spacial score (nSPS) is 18.3. The zero-order valence-corrected chi connectivity index (χ0v) is 14.7. The number of aryl methyl sites for hydroxylation is 2. The number of carbonyl (C=O) groups excluding carboxylic acids is 1. The van der Waals surface area contributed by atoms with Gasteiger partial charge in [-0.15, -0.1) is 0 Å². The predicted molar refractivity (Wildman–Crippen MR) is 86.2 cm³/mol. The maximum atomic E-state index is 12.6. The summed E-state index contributed by atoms with van der Waals surface area (Å²) < 4.78 is 10.6. The van der Waals surface area contributed by atoms with Crippen LogP contribution in [0.2, 0.25) is 0 Å². The summed E-state index contributed by atoms with van der Waals surface area (Å²) >= 11 is 0. The molecule has 2 aromatic heterocycles. The fourth-order valence-corrected chi connectivity index (χ4v) is 2.92. The summed E-state index contributed by atoms with van der Waals surface area (Å²) in [5.74, 6) is 2.04. The quantitative estimate of drug-likeness (QED) is 0.855. The van der Waals surface area contributed by atoms with Crippen LogP contribution in [0.25, 0.3) is 0 Å². The molecule has 3 heterocycles. The zero-order valence-electron chi connectivity index (χ0n) is 14.7. The lowest BCUT2D eigenvalue weighted by atomic mass is 9.96. The first kappa shape index (κ1) is 16.7. The Balaban J connectivity index is 1.61. The molecule has 130 valence electrons. The standard InChI is InChI=1S/C17H24N4O3/c1-11-10-13(23-19-11)12-6-5-9-21(12)15(22)8-7-14-18-16(20-24-14)17(2,3)4/h10,12H,5-9H2,1-4H3/t12-/m1/s1. The van der Waals surface area contributed by atoms with Gasteiger partial charge in [0.25, 0.3) is 0 Å². The molecule has 1 aliphatic rings. The topological polar surface area (TPSA) is 85.3 Å². The van der Waals surface area contributed by atoms with Gasteiger partial charge in [-0.25, -0.2) is 0 Å². The predicted octanol–water partition coefficient (Wildman–Crippen LogP) is 2.96. The molecule has 0 N–H and O–H groups in total. The van der Waals surface area contributed by atoms with Crippen molar-refractivity contribution in [2.45, 2.75) is 64.8 Å². The first-order chi connectivity index (χ1) is 11.3. The van der Waals surface area contributed by atoms with Crippen molar-refractivity contribution in [2.75, 3.05) is 6.54 Å². The lowest BCUT2D eigenvalue weighted by Crippen LogP contribution is -2.30. The Hall–Kier alpha value is -2.18. The largest absolute Gasteiger partial charge is 0.359 e. The molecule has 1 fully saturated rings. The zero-order chi connectivity index (χ0) is 17.3. The maximum Gasteiger partial charge on any atom is 0.227 e. The van der Waals surface area contributed by atoms with Crippen molar-refractivity contribution in [3.05, 3.63) is 29.2 Å². The van der Waals surface area contributed by atoms with E-state index in [0.29, 0.717) is 24.6 Å². The first-order valence-electron chi connectivity index (χ1n) is 8.40. The third-order valence-corrected chi connectivity index (χ3v) is 4.24. The summed E-state index contributed by atoms with van der Waals surface area (Å²) in [6.07, 6.45) is 2.70. The van der Waals surface area contributed by atoms with Gasteiger partial charge in [0.2, 0.25) is 11.8 Å². The van der Waals surface area contributed by atoms with Gasteiger partial charge in [0, 0.05) is 30.9 Å². The van der Waals surface area contributed by atoms with Gasteiger partial charge in [0.05, 0.1) is 11.7 Å². The lowest BCUT2D eigenvalue weighted by Gasteiger charge is -2.22. The van der Waals surface area contributed by atoms with E-state index in [1.807, 2.05) is 38.7 Å². The van der Waals surface area contributed by atoms with Crippen molar-refractivity contribution in [3.8, 4) is 0 Å². The van der Waals surface area contributed by atoms with E-state index in [1.54, 1.807) is 0 Å². The van der Waals surface area contributed by atoms with Crippen LogP contribution in [0.1, 0.15) is 69.2 Å².